The molecule has 5 nitrogen and oxygen atoms in total. The van der Waals surface area contributed by atoms with Crippen LogP contribution >= 0.6 is 11.6 Å². The van der Waals surface area contributed by atoms with E-state index < -0.39 is 6.03 Å². The Balaban J connectivity index is 2.03. The van der Waals surface area contributed by atoms with E-state index in [-0.39, 0.29) is 12.4 Å². The summed E-state index contributed by atoms with van der Waals surface area (Å²) in [6.07, 6.45) is 0. The Hall–Kier alpha value is -2.47. The van der Waals surface area contributed by atoms with Crippen LogP contribution in [0.25, 0.3) is 0 Å². The molecule has 0 aliphatic carbocycles. The molecular formula is C16H16ClFN2O3. The van der Waals surface area contributed by atoms with Gasteiger partial charge in [-0.15, -0.1) is 0 Å². The van der Waals surface area contributed by atoms with Crippen molar-refractivity contribution < 1.29 is 18.7 Å². The first-order chi connectivity index (χ1) is 11.0. The highest BCUT2D eigenvalue weighted by molar-refractivity contribution is 6.32. The first-order valence-electron chi connectivity index (χ1n) is 6.74. The summed E-state index contributed by atoms with van der Waals surface area (Å²) in [6.45, 7) is 0.263. The number of rotatable bonds is 5. The molecule has 0 aliphatic heterocycles. The molecule has 0 spiro atoms. The van der Waals surface area contributed by atoms with Gasteiger partial charge in [0, 0.05) is 18.7 Å². The molecule has 0 atom stereocenters. The Morgan fingerprint density at radius 3 is 2.39 bits per heavy atom. The van der Waals surface area contributed by atoms with Crippen molar-refractivity contribution >= 4 is 23.3 Å². The number of ether oxygens (including phenoxy) is 2. The van der Waals surface area contributed by atoms with E-state index >= 15 is 0 Å². The molecule has 0 aromatic heterocycles. The van der Waals surface area contributed by atoms with E-state index in [1.165, 1.54) is 26.4 Å². The van der Waals surface area contributed by atoms with E-state index in [2.05, 4.69) is 10.6 Å². The van der Waals surface area contributed by atoms with Crippen LogP contribution in [0.5, 0.6) is 11.5 Å². The number of urea groups is 1. The van der Waals surface area contributed by atoms with E-state index in [1.54, 1.807) is 24.3 Å². The third-order valence-corrected chi connectivity index (χ3v) is 3.38. The van der Waals surface area contributed by atoms with Crippen LogP contribution in [-0.2, 0) is 6.54 Å². The average Bonchev–Trinajstić information content (AvgIpc) is 2.55. The Bertz CT molecular complexity index is 692. The van der Waals surface area contributed by atoms with E-state index in [1.807, 2.05) is 0 Å². The molecule has 0 unspecified atom stereocenters. The highest BCUT2D eigenvalue weighted by atomic mass is 35.5. The maximum absolute atomic E-state index is 12.8. The predicted octanol–water partition coefficient (Wildman–Crippen LogP) is 3.82. The summed E-state index contributed by atoms with van der Waals surface area (Å²) in [4.78, 5) is 12.0. The molecule has 122 valence electrons. The summed E-state index contributed by atoms with van der Waals surface area (Å²) < 4.78 is 23.1. The van der Waals surface area contributed by atoms with Crippen LogP contribution in [0.4, 0.5) is 14.9 Å². The van der Waals surface area contributed by atoms with Gasteiger partial charge in [0.05, 0.1) is 24.9 Å². The highest BCUT2D eigenvalue weighted by Crippen LogP contribution is 2.35. The van der Waals surface area contributed by atoms with E-state index in [9.17, 15) is 9.18 Å². The van der Waals surface area contributed by atoms with Crippen molar-refractivity contribution in [2.24, 2.45) is 0 Å². The van der Waals surface area contributed by atoms with Crippen LogP contribution in [0.3, 0.4) is 0 Å². The van der Waals surface area contributed by atoms with Crippen LogP contribution < -0.4 is 20.1 Å². The molecule has 2 rings (SSSR count). The summed E-state index contributed by atoms with van der Waals surface area (Å²) in [5, 5.41) is 5.70. The fourth-order valence-corrected chi connectivity index (χ4v) is 2.14. The molecule has 2 aromatic rings. The topological polar surface area (TPSA) is 59.6 Å². The van der Waals surface area contributed by atoms with Crippen LogP contribution in [0.2, 0.25) is 5.02 Å². The first-order valence-corrected chi connectivity index (χ1v) is 7.12. The van der Waals surface area contributed by atoms with Gasteiger partial charge < -0.3 is 20.1 Å². The largest absolute Gasteiger partial charge is 0.495 e. The van der Waals surface area contributed by atoms with Crippen molar-refractivity contribution in [2.45, 2.75) is 6.54 Å². The smallest absolute Gasteiger partial charge is 0.319 e. The van der Waals surface area contributed by atoms with Gasteiger partial charge in [-0.1, -0.05) is 23.7 Å². The number of hydrogen-bond acceptors (Lipinski definition) is 3. The molecule has 2 amide bonds. The van der Waals surface area contributed by atoms with Crippen molar-refractivity contribution in [1.29, 1.82) is 0 Å². The van der Waals surface area contributed by atoms with Crippen LogP contribution in [0, 0.1) is 5.82 Å². The summed E-state index contributed by atoms with van der Waals surface area (Å²) in [5.74, 6) is 0.505. The number of amides is 2. The molecule has 2 N–H and O–H groups in total. The molecule has 7 heteroatoms. The number of hydrogen-bond donors (Lipinski definition) is 2. The number of carbonyl (C=O) groups excluding carboxylic acids is 1. The van der Waals surface area contributed by atoms with Crippen LogP contribution in [0.15, 0.2) is 36.4 Å². The van der Waals surface area contributed by atoms with Crippen molar-refractivity contribution in [3.8, 4) is 11.5 Å². The molecule has 0 bridgehead atoms. The van der Waals surface area contributed by atoms with Gasteiger partial charge in [-0.05, 0) is 17.7 Å². The second kappa shape index (κ2) is 7.69. The lowest BCUT2D eigenvalue weighted by atomic mass is 10.2. The van der Waals surface area contributed by atoms with Gasteiger partial charge >= 0.3 is 6.03 Å². The summed E-state index contributed by atoms with van der Waals surface area (Å²) in [5.41, 5.74) is 1.20. The SMILES string of the molecule is COc1cc(NC(=O)NCc2ccc(F)cc2)c(OC)cc1Cl. The number of carbonyl (C=O) groups is 1. The average molecular weight is 339 g/mol. The molecule has 0 heterocycles. The van der Waals surface area contributed by atoms with Gasteiger partial charge in [0.1, 0.15) is 17.3 Å². The summed E-state index contributed by atoms with van der Waals surface area (Å²) >= 11 is 6.01. The maximum Gasteiger partial charge on any atom is 0.319 e. The molecule has 0 saturated carbocycles. The lowest BCUT2D eigenvalue weighted by molar-refractivity contribution is 0.251. The van der Waals surface area contributed by atoms with E-state index in [0.717, 1.165) is 5.56 Å². The second-order valence-corrected chi connectivity index (χ2v) is 5.03. The quantitative estimate of drug-likeness (QED) is 0.871. The Morgan fingerprint density at radius 2 is 1.78 bits per heavy atom. The highest BCUT2D eigenvalue weighted by Gasteiger charge is 2.12. The van der Waals surface area contributed by atoms with Crippen LogP contribution in [0.1, 0.15) is 5.56 Å². The van der Waals surface area contributed by atoms with Crippen molar-refractivity contribution in [1.82, 2.24) is 5.32 Å². The third-order valence-electron chi connectivity index (χ3n) is 3.09. The zero-order chi connectivity index (χ0) is 16.8. The van der Waals surface area contributed by atoms with Gasteiger partial charge in [0.15, 0.2) is 0 Å². The van der Waals surface area contributed by atoms with Gasteiger partial charge in [-0.25, -0.2) is 9.18 Å². The summed E-state index contributed by atoms with van der Waals surface area (Å²) in [7, 11) is 2.95. The summed E-state index contributed by atoms with van der Waals surface area (Å²) in [6, 6.07) is 8.55. The molecule has 0 fully saturated rings. The normalized spacial score (nSPS) is 10.1. The number of anilines is 1. The van der Waals surface area contributed by atoms with Gasteiger partial charge in [0.2, 0.25) is 0 Å². The molecule has 0 radical (unpaired) electrons. The molecule has 2 aromatic carbocycles. The minimum absolute atomic E-state index is 0.263. The maximum atomic E-state index is 12.8. The lowest BCUT2D eigenvalue weighted by Crippen LogP contribution is -2.28. The third kappa shape index (κ3) is 4.50. The van der Waals surface area contributed by atoms with Crippen LogP contribution in [-0.4, -0.2) is 20.3 Å². The molecular weight excluding hydrogens is 323 g/mol. The Kier molecular flexibility index (Phi) is 5.65. The number of halogens is 2. The number of nitrogens with one attached hydrogen (secondary N) is 2. The Labute approximate surface area is 138 Å². The second-order valence-electron chi connectivity index (χ2n) is 4.62. The minimum atomic E-state index is -0.433. The number of methoxy groups -OCH3 is 2. The fraction of sp³-hybridized carbons (Fsp3) is 0.188. The van der Waals surface area contributed by atoms with Gasteiger partial charge in [-0.3, -0.25) is 0 Å². The van der Waals surface area contributed by atoms with Crippen molar-refractivity contribution in [3.05, 3.63) is 52.8 Å². The van der Waals surface area contributed by atoms with Crippen molar-refractivity contribution in [2.75, 3.05) is 19.5 Å². The molecule has 0 aliphatic rings. The first kappa shape index (κ1) is 16.9. The zero-order valence-corrected chi connectivity index (χ0v) is 13.4. The predicted molar refractivity (Wildman–Crippen MR) is 86.8 cm³/mol. The van der Waals surface area contributed by atoms with Gasteiger partial charge in [0.25, 0.3) is 0 Å². The van der Waals surface area contributed by atoms with Crippen molar-refractivity contribution in [3.63, 3.8) is 0 Å². The van der Waals surface area contributed by atoms with E-state index in [0.29, 0.717) is 22.2 Å². The number of benzene rings is 2. The standard InChI is InChI=1S/C16H16ClFN2O3/c1-22-14-8-13(15(23-2)7-12(14)17)20-16(21)19-9-10-3-5-11(18)6-4-10/h3-8H,9H2,1-2H3,(H2,19,20,21). The zero-order valence-electron chi connectivity index (χ0n) is 12.7. The Morgan fingerprint density at radius 1 is 1.13 bits per heavy atom. The molecule has 0 saturated heterocycles. The lowest BCUT2D eigenvalue weighted by Gasteiger charge is -2.13. The minimum Gasteiger partial charge on any atom is -0.495 e. The molecule has 23 heavy (non-hydrogen) atoms. The fourth-order valence-electron chi connectivity index (χ4n) is 1.91. The monoisotopic (exact) mass is 338 g/mol. The van der Waals surface area contributed by atoms with Gasteiger partial charge in [-0.2, -0.15) is 0 Å². The van der Waals surface area contributed by atoms with E-state index in [4.69, 9.17) is 21.1 Å².